The first-order valence-corrected chi connectivity index (χ1v) is 4.59. The molecule has 1 rings (SSSR count). The van der Waals surface area contributed by atoms with E-state index in [1.165, 1.54) is 17.8 Å². The summed E-state index contributed by atoms with van der Waals surface area (Å²) in [6.45, 7) is 0. The number of hydrogen-bond donors (Lipinski definition) is 5. The highest BCUT2D eigenvalue weighted by Crippen LogP contribution is 2.29. The Bertz CT molecular complexity index is 422. The molecule has 1 aliphatic carbocycles. The molecule has 0 radical (unpaired) electrons. The number of hydrogen-bond acceptors (Lipinski definition) is 8. The lowest BCUT2D eigenvalue weighted by molar-refractivity contribution is 0.112. The summed E-state index contributed by atoms with van der Waals surface area (Å²) in [7, 11) is 0. The van der Waals surface area contributed by atoms with Gasteiger partial charge in [0, 0.05) is 0 Å². The molecule has 0 unspecified atom stereocenters. The van der Waals surface area contributed by atoms with Crippen LogP contribution in [0.3, 0.4) is 0 Å². The average Bonchev–Trinajstić information content (AvgIpc) is 2.40. The Morgan fingerprint density at radius 2 is 0.947 bits per heavy atom. The van der Waals surface area contributed by atoms with Crippen molar-refractivity contribution in [3.05, 3.63) is 16.7 Å². The van der Waals surface area contributed by atoms with E-state index in [0.717, 1.165) is 0 Å². The van der Waals surface area contributed by atoms with Gasteiger partial charge in [-0.05, 0) is 0 Å². The Morgan fingerprint density at radius 1 is 0.737 bits per heavy atom. The summed E-state index contributed by atoms with van der Waals surface area (Å²) in [6, 6.07) is 0. The Balaban J connectivity index is 0.000000711. The fraction of sp³-hybridized carbons (Fsp3) is 0.333. The van der Waals surface area contributed by atoms with Gasteiger partial charge in [0.1, 0.15) is 36.1 Å². The van der Waals surface area contributed by atoms with E-state index in [0.29, 0.717) is 0 Å². The van der Waals surface area contributed by atoms with Gasteiger partial charge in [-0.25, -0.2) is 14.4 Å². The summed E-state index contributed by atoms with van der Waals surface area (Å²) in [6.07, 6.45) is -5.33. The molecule has 0 bridgehead atoms. The molecule has 0 aromatic heterocycles. The quantitative estimate of drug-likeness (QED) is 0.130. The summed E-state index contributed by atoms with van der Waals surface area (Å²) in [4.78, 5) is 31.1. The minimum atomic E-state index is -1.78. The van der Waals surface area contributed by atoms with E-state index in [4.69, 9.17) is 0 Å². The molecule has 0 aliphatic heterocycles. The molecule has 0 atom stereocenters. The second kappa shape index (κ2) is 7.70. The van der Waals surface area contributed by atoms with Crippen LogP contribution in [0.1, 0.15) is 0 Å². The summed E-state index contributed by atoms with van der Waals surface area (Å²) in [5.74, 6) is 12.3. The van der Waals surface area contributed by atoms with Gasteiger partial charge in [-0.15, -0.1) is 0 Å². The van der Waals surface area contributed by atoms with Crippen LogP contribution in [-0.4, -0.2) is 51.5 Å². The Labute approximate surface area is 106 Å². The normalized spacial score (nSPS) is 26.1. The molecule has 0 aromatic carbocycles. The van der Waals surface area contributed by atoms with Crippen LogP contribution in [0.2, 0.25) is 0 Å². The number of nitrogens with zero attached hydrogens (tertiary/aromatic N) is 2. The third kappa shape index (κ3) is 3.44. The lowest BCUT2D eigenvalue weighted by Crippen LogP contribution is -2.41. The number of nitrogens with two attached hydrogens (primary N) is 2. The summed E-state index contributed by atoms with van der Waals surface area (Å²) in [5, 5.41) is 33.2. The van der Waals surface area contributed by atoms with E-state index >= 15 is 0 Å². The van der Waals surface area contributed by atoms with Crippen LogP contribution in [0.5, 0.6) is 0 Å². The van der Waals surface area contributed by atoms with Crippen LogP contribution in [0.4, 0.5) is 0 Å². The van der Waals surface area contributed by atoms with Gasteiger partial charge in [0.25, 0.3) is 0 Å². The van der Waals surface area contributed by atoms with Crippen molar-refractivity contribution in [2.75, 3.05) is 0 Å². The van der Waals surface area contributed by atoms with Gasteiger partial charge in [-0.3, -0.25) is 0 Å². The maximum Gasteiger partial charge on any atom is 0.129 e. The number of rotatable bonds is 0. The molecule has 1 aliphatic rings. The lowest BCUT2D eigenvalue weighted by Gasteiger charge is -2.28. The molecule has 0 amide bonds. The predicted octanol–water partition coefficient (Wildman–Crippen LogP) is -3.46. The lowest BCUT2D eigenvalue weighted by atomic mass is 9.81. The first-order chi connectivity index (χ1) is 8.99. The van der Waals surface area contributed by atoms with Gasteiger partial charge in [-0.1, -0.05) is 10.4 Å². The van der Waals surface area contributed by atoms with Crippen LogP contribution in [0, 0.1) is 0 Å². The van der Waals surface area contributed by atoms with E-state index in [1.807, 2.05) is 0 Å². The first-order valence-electron chi connectivity index (χ1n) is 4.59. The third-order valence-electron chi connectivity index (χ3n) is 2.19. The van der Waals surface area contributed by atoms with Gasteiger partial charge in [-0.2, -0.15) is 0 Å². The van der Waals surface area contributed by atoms with E-state index in [1.54, 1.807) is 0 Å². The van der Waals surface area contributed by atoms with Crippen LogP contribution < -0.4 is 11.7 Å². The molecular weight excluding hydrogens is 260 g/mol. The highest BCUT2D eigenvalue weighted by atomic mass is 16.3. The third-order valence-corrected chi connectivity index (χ3v) is 2.19. The Kier molecular flexibility index (Phi) is 6.66. The van der Waals surface area contributed by atoms with E-state index in [2.05, 4.69) is 22.1 Å². The van der Waals surface area contributed by atoms with Gasteiger partial charge in [0.15, 0.2) is 0 Å². The van der Waals surface area contributed by atoms with Crippen molar-refractivity contribution in [2.45, 2.75) is 18.3 Å². The number of aliphatic hydroxyl groups excluding tert-OH is 3. The van der Waals surface area contributed by atoms with Crippen molar-refractivity contribution in [1.29, 1.82) is 0 Å². The monoisotopic (exact) mass is 270 g/mol. The molecule has 19 heavy (non-hydrogen) atoms. The molecule has 1 saturated carbocycles. The topological polar surface area (TPSA) is 189 Å². The Morgan fingerprint density at radius 3 is 1.05 bits per heavy atom. The van der Waals surface area contributed by atoms with E-state index in [9.17, 15) is 29.7 Å². The molecular formula is C9H10N4O6. The van der Waals surface area contributed by atoms with Crippen LogP contribution in [-0.2, 0) is 14.4 Å². The van der Waals surface area contributed by atoms with Crippen molar-refractivity contribution in [3.63, 3.8) is 0 Å². The maximum atomic E-state index is 10.4. The molecule has 7 N–H and O–H groups in total. The zero-order valence-corrected chi connectivity index (χ0v) is 9.35. The van der Waals surface area contributed by atoms with Crippen molar-refractivity contribution in [3.8, 4) is 0 Å². The van der Waals surface area contributed by atoms with Crippen LogP contribution >= 0.6 is 0 Å². The SMILES string of the molecule is NN=NN.O=C=C1C(O)C(=C=O)C(O)C(=C=O)C1O. The number of aliphatic hydroxyl groups is 3. The van der Waals surface area contributed by atoms with Crippen molar-refractivity contribution >= 4 is 17.8 Å². The van der Waals surface area contributed by atoms with Crippen molar-refractivity contribution < 1.29 is 29.7 Å². The minimum absolute atomic E-state index is 0.614. The first kappa shape index (κ1) is 16.4. The van der Waals surface area contributed by atoms with Crippen molar-refractivity contribution in [1.82, 2.24) is 0 Å². The minimum Gasteiger partial charge on any atom is -0.383 e. The molecule has 10 nitrogen and oxygen atoms in total. The summed E-state index contributed by atoms with van der Waals surface area (Å²) in [5.41, 5.74) is -1.84. The fourth-order valence-corrected chi connectivity index (χ4v) is 1.29. The van der Waals surface area contributed by atoms with Gasteiger partial charge in [0.05, 0.1) is 16.7 Å². The molecule has 0 spiro atoms. The van der Waals surface area contributed by atoms with Crippen molar-refractivity contribution in [2.24, 2.45) is 22.1 Å². The zero-order valence-electron chi connectivity index (χ0n) is 9.35. The zero-order chi connectivity index (χ0) is 15.0. The summed E-state index contributed by atoms with van der Waals surface area (Å²) >= 11 is 0. The largest absolute Gasteiger partial charge is 0.383 e. The smallest absolute Gasteiger partial charge is 0.129 e. The average molecular weight is 270 g/mol. The standard InChI is InChI=1S/C9H6O6.H4N4/c10-1-4-7(13)5(2-11)9(15)6(3-12)8(4)14;1-3-4-2/h7-9,13-15H;(H2,1,4)(H2,2,3). The van der Waals surface area contributed by atoms with Gasteiger partial charge < -0.3 is 27.0 Å². The highest BCUT2D eigenvalue weighted by molar-refractivity contribution is 5.74. The second-order valence-electron chi connectivity index (χ2n) is 3.11. The molecule has 102 valence electrons. The second-order valence-corrected chi connectivity index (χ2v) is 3.11. The predicted molar refractivity (Wildman–Crippen MR) is 58.9 cm³/mol. The van der Waals surface area contributed by atoms with E-state index < -0.39 is 35.0 Å². The summed E-state index contributed by atoms with van der Waals surface area (Å²) < 4.78 is 0. The molecule has 1 fully saturated rings. The van der Waals surface area contributed by atoms with Crippen LogP contribution in [0.25, 0.3) is 0 Å². The number of carbonyl (C=O) groups excluding carboxylic acids is 3. The van der Waals surface area contributed by atoms with Gasteiger partial charge in [0.2, 0.25) is 0 Å². The van der Waals surface area contributed by atoms with Crippen LogP contribution in [0.15, 0.2) is 27.2 Å². The molecule has 10 heteroatoms. The molecule has 0 saturated heterocycles. The Hall–Kier alpha value is -2.57. The fourth-order valence-electron chi connectivity index (χ4n) is 1.29. The highest BCUT2D eigenvalue weighted by Gasteiger charge is 2.41. The van der Waals surface area contributed by atoms with Gasteiger partial charge >= 0.3 is 0 Å². The molecule has 0 aromatic rings. The molecule has 0 heterocycles. The maximum absolute atomic E-state index is 10.4. The van der Waals surface area contributed by atoms with E-state index in [-0.39, 0.29) is 0 Å².